The van der Waals surface area contributed by atoms with Gasteiger partial charge in [-0.3, -0.25) is 9.59 Å². The van der Waals surface area contributed by atoms with E-state index in [9.17, 15) is 14.4 Å². The molecule has 32 heavy (non-hydrogen) atoms. The summed E-state index contributed by atoms with van der Waals surface area (Å²) in [6.45, 7) is 3.90. The molecule has 0 radical (unpaired) electrons. The van der Waals surface area contributed by atoms with Gasteiger partial charge in [0.15, 0.2) is 11.5 Å². The van der Waals surface area contributed by atoms with Crippen molar-refractivity contribution in [2.75, 3.05) is 0 Å². The standard InChI is InChI=1S/C25H18N2O5/c1-3-27-19-11-9-16(22(29)15-7-5-4-6-8-15)13-18(19)21-20(27)12-10-17-23(30)25(31-24(17)21)26-32-14(2)28/h4-13H,3H2,1-2H3/b26-25-. The van der Waals surface area contributed by atoms with Gasteiger partial charge >= 0.3 is 11.9 Å². The molecule has 1 aliphatic heterocycles. The molecular formula is C25H18N2O5. The van der Waals surface area contributed by atoms with E-state index in [-0.39, 0.29) is 11.7 Å². The Hall–Kier alpha value is -4.26. The highest BCUT2D eigenvalue weighted by Crippen LogP contribution is 2.41. The summed E-state index contributed by atoms with van der Waals surface area (Å²) in [5, 5.41) is 5.06. The molecule has 3 aromatic carbocycles. The molecule has 1 aromatic heterocycles. The molecule has 158 valence electrons. The Morgan fingerprint density at radius 2 is 1.75 bits per heavy atom. The normalized spacial score (nSPS) is 14.1. The molecule has 1 aliphatic rings. The third-order valence-corrected chi connectivity index (χ3v) is 5.49. The van der Waals surface area contributed by atoms with Crippen molar-refractivity contribution in [2.24, 2.45) is 5.16 Å². The van der Waals surface area contributed by atoms with E-state index in [1.165, 1.54) is 6.92 Å². The van der Waals surface area contributed by atoms with E-state index in [4.69, 9.17) is 4.74 Å². The first-order chi connectivity index (χ1) is 15.5. The third-order valence-electron chi connectivity index (χ3n) is 5.49. The molecule has 0 aliphatic carbocycles. The van der Waals surface area contributed by atoms with Gasteiger partial charge in [-0.15, -0.1) is 0 Å². The average Bonchev–Trinajstić information content (AvgIpc) is 3.31. The third kappa shape index (κ3) is 2.98. The molecule has 0 N–H and O–H groups in total. The van der Waals surface area contributed by atoms with Crippen LogP contribution < -0.4 is 4.74 Å². The molecule has 5 rings (SSSR count). The fourth-order valence-corrected chi connectivity index (χ4v) is 4.11. The second-order valence-electron chi connectivity index (χ2n) is 7.42. The van der Waals surface area contributed by atoms with Gasteiger partial charge < -0.3 is 14.1 Å². The van der Waals surface area contributed by atoms with Crippen molar-refractivity contribution in [1.82, 2.24) is 4.57 Å². The molecule has 2 heterocycles. The Kier molecular flexibility index (Phi) is 4.59. The highest BCUT2D eigenvalue weighted by atomic mass is 16.7. The summed E-state index contributed by atoms with van der Waals surface area (Å²) in [7, 11) is 0. The van der Waals surface area contributed by atoms with Crippen molar-refractivity contribution in [1.29, 1.82) is 0 Å². The first kappa shape index (κ1) is 19.7. The number of hydrogen-bond donors (Lipinski definition) is 0. The number of ether oxygens (including phenoxy) is 1. The number of benzene rings is 3. The van der Waals surface area contributed by atoms with Crippen molar-refractivity contribution in [2.45, 2.75) is 20.4 Å². The molecule has 0 bridgehead atoms. The quantitative estimate of drug-likeness (QED) is 0.272. The number of rotatable bonds is 4. The van der Waals surface area contributed by atoms with E-state index >= 15 is 0 Å². The van der Waals surface area contributed by atoms with Crippen LogP contribution in [-0.4, -0.2) is 28.0 Å². The van der Waals surface area contributed by atoms with Crippen LogP contribution in [0.25, 0.3) is 21.8 Å². The zero-order chi connectivity index (χ0) is 22.4. The summed E-state index contributed by atoms with van der Waals surface area (Å²) >= 11 is 0. The van der Waals surface area contributed by atoms with Crippen LogP contribution in [0.3, 0.4) is 0 Å². The van der Waals surface area contributed by atoms with Gasteiger partial charge in [-0.05, 0) is 42.4 Å². The second-order valence-corrected chi connectivity index (χ2v) is 7.42. The van der Waals surface area contributed by atoms with Crippen molar-refractivity contribution < 1.29 is 24.0 Å². The molecule has 7 heteroatoms. The van der Waals surface area contributed by atoms with E-state index in [1.807, 2.05) is 49.4 Å². The van der Waals surface area contributed by atoms with E-state index in [0.717, 1.165) is 16.4 Å². The van der Waals surface area contributed by atoms with Crippen molar-refractivity contribution >= 4 is 45.2 Å². The number of oxime groups is 1. The molecule has 4 aromatic rings. The van der Waals surface area contributed by atoms with E-state index in [2.05, 4.69) is 14.6 Å². The lowest BCUT2D eigenvalue weighted by atomic mass is 10.00. The van der Waals surface area contributed by atoms with Crippen LogP contribution in [0, 0.1) is 0 Å². The number of carbonyl (C=O) groups is 3. The van der Waals surface area contributed by atoms with Gasteiger partial charge in [0.1, 0.15) is 0 Å². The van der Waals surface area contributed by atoms with Gasteiger partial charge in [-0.2, -0.15) is 0 Å². The smallest absolute Gasteiger partial charge is 0.332 e. The number of ketones is 2. The van der Waals surface area contributed by atoms with Crippen molar-refractivity contribution in [3.63, 3.8) is 0 Å². The predicted octanol–water partition coefficient (Wildman–Crippen LogP) is 4.50. The number of Topliss-reactive ketones (excluding diaryl/α,β-unsaturated/α-hetero) is 1. The molecular weight excluding hydrogens is 408 g/mol. The summed E-state index contributed by atoms with van der Waals surface area (Å²) in [5.74, 6) is -1.15. The van der Waals surface area contributed by atoms with Gasteiger partial charge in [-0.1, -0.05) is 30.3 Å². The molecule has 7 nitrogen and oxygen atoms in total. The van der Waals surface area contributed by atoms with Gasteiger partial charge in [0, 0.05) is 35.5 Å². The van der Waals surface area contributed by atoms with Crippen LogP contribution >= 0.6 is 0 Å². The largest absolute Gasteiger partial charge is 0.432 e. The van der Waals surface area contributed by atoms with Gasteiger partial charge in [0.2, 0.25) is 0 Å². The number of aromatic nitrogens is 1. The maximum Gasteiger partial charge on any atom is 0.332 e. The Morgan fingerprint density at radius 1 is 1.00 bits per heavy atom. The first-order valence-corrected chi connectivity index (χ1v) is 10.2. The summed E-state index contributed by atoms with van der Waals surface area (Å²) in [5.41, 5.74) is 3.25. The van der Waals surface area contributed by atoms with Crippen LogP contribution in [0.2, 0.25) is 0 Å². The topological polar surface area (TPSA) is 87.0 Å². The van der Waals surface area contributed by atoms with E-state index < -0.39 is 11.8 Å². The average molecular weight is 426 g/mol. The minimum absolute atomic E-state index is 0.0911. The maximum absolute atomic E-state index is 13.0. The lowest BCUT2D eigenvalue weighted by Crippen LogP contribution is -2.13. The highest BCUT2D eigenvalue weighted by molar-refractivity contribution is 6.47. The zero-order valence-electron chi connectivity index (χ0n) is 17.4. The minimum atomic E-state index is -0.651. The fourth-order valence-electron chi connectivity index (χ4n) is 4.11. The predicted molar refractivity (Wildman–Crippen MR) is 119 cm³/mol. The maximum atomic E-state index is 13.0. The van der Waals surface area contributed by atoms with E-state index in [0.29, 0.717) is 34.4 Å². The molecule has 0 fully saturated rings. The minimum Gasteiger partial charge on any atom is -0.432 e. The first-order valence-electron chi connectivity index (χ1n) is 10.2. The highest BCUT2D eigenvalue weighted by Gasteiger charge is 2.33. The van der Waals surface area contributed by atoms with Crippen LogP contribution in [-0.2, 0) is 16.2 Å². The van der Waals surface area contributed by atoms with Crippen LogP contribution in [0.5, 0.6) is 5.75 Å². The molecule has 0 saturated heterocycles. The number of nitrogens with zero attached hydrogens (tertiary/aromatic N) is 2. The van der Waals surface area contributed by atoms with Crippen molar-refractivity contribution in [3.05, 3.63) is 77.4 Å². The fraction of sp³-hybridized carbons (Fsp3) is 0.120. The van der Waals surface area contributed by atoms with Crippen LogP contribution in [0.15, 0.2) is 65.8 Å². The summed E-state index contributed by atoms with van der Waals surface area (Å²) in [4.78, 5) is 41.4. The Labute approximate surface area is 182 Å². The lowest BCUT2D eigenvalue weighted by Gasteiger charge is -2.04. The molecule has 0 atom stereocenters. The Morgan fingerprint density at radius 3 is 2.47 bits per heavy atom. The zero-order valence-corrected chi connectivity index (χ0v) is 17.4. The summed E-state index contributed by atoms with van der Waals surface area (Å²) in [6.07, 6.45) is 0. The number of aryl methyl sites for hydroxylation is 1. The number of hydrogen-bond acceptors (Lipinski definition) is 6. The molecule has 0 spiro atoms. The molecule has 0 amide bonds. The second kappa shape index (κ2) is 7.46. The molecule has 0 saturated carbocycles. The van der Waals surface area contributed by atoms with Gasteiger partial charge in [0.25, 0.3) is 5.78 Å². The monoisotopic (exact) mass is 426 g/mol. The Bertz CT molecular complexity index is 1460. The van der Waals surface area contributed by atoms with E-state index in [1.54, 1.807) is 18.2 Å². The summed E-state index contributed by atoms with van der Waals surface area (Å²) < 4.78 is 7.85. The van der Waals surface area contributed by atoms with Crippen LogP contribution in [0.1, 0.15) is 40.1 Å². The summed E-state index contributed by atoms with van der Waals surface area (Å²) in [6, 6.07) is 18.1. The van der Waals surface area contributed by atoms with Gasteiger partial charge in [-0.25, -0.2) is 4.79 Å². The number of fused-ring (bicyclic) bond motifs is 5. The Balaban J connectivity index is 1.73. The molecule has 0 unspecified atom stereocenters. The van der Waals surface area contributed by atoms with Crippen LogP contribution in [0.4, 0.5) is 0 Å². The van der Waals surface area contributed by atoms with Gasteiger partial charge in [0.05, 0.1) is 16.5 Å². The SMILES string of the molecule is CCn1c2ccc(C(=O)c3ccccc3)cc2c2c3c(ccc21)C(=O)/C(=N/OC(C)=O)O3. The number of carbonyl (C=O) groups excluding carboxylic acids is 3. The van der Waals surface area contributed by atoms with Crippen molar-refractivity contribution in [3.8, 4) is 5.75 Å². The lowest BCUT2D eigenvalue weighted by molar-refractivity contribution is -0.141.